The van der Waals surface area contributed by atoms with Crippen LogP contribution in [-0.4, -0.2) is 21.3 Å². The van der Waals surface area contributed by atoms with Crippen molar-refractivity contribution in [2.24, 2.45) is 13.0 Å². The molecule has 0 saturated carbocycles. The van der Waals surface area contributed by atoms with Crippen molar-refractivity contribution < 1.29 is 4.39 Å². The summed E-state index contributed by atoms with van der Waals surface area (Å²) in [6, 6.07) is 5.11. The van der Waals surface area contributed by atoms with Crippen molar-refractivity contribution >= 4 is 11.8 Å². The molecule has 1 aromatic carbocycles. The van der Waals surface area contributed by atoms with E-state index in [0.717, 1.165) is 23.9 Å². The van der Waals surface area contributed by atoms with Gasteiger partial charge in [0.2, 0.25) is 0 Å². The molecule has 2 aromatic rings. The third-order valence-corrected chi connectivity index (χ3v) is 4.02. The zero-order chi connectivity index (χ0) is 15.4. The molecule has 0 aliphatic heterocycles. The average molecular weight is 310 g/mol. The molecule has 0 spiro atoms. The van der Waals surface area contributed by atoms with Crippen LogP contribution in [0.15, 0.2) is 33.0 Å². The van der Waals surface area contributed by atoms with Crippen molar-refractivity contribution in [3.05, 3.63) is 40.1 Å². The van der Waals surface area contributed by atoms with E-state index in [4.69, 9.17) is 0 Å². The van der Waals surface area contributed by atoms with Crippen LogP contribution in [0.1, 0.15) is 19.4 Å². The van der Waals surface area contributed by atoms with Crippen molar-refractivity contribution in [3.8, 4) is 0 Å². The minimum atomic E-state index is -0.313. The highest BCUT2D eigenvalue weighted by molar-refractivity contribution is 7.99. The molecule has 7 heteroatoms. The summed E-state index contributed by atoms with van der Waals surface area (Å²) in [7, 11) is 1.59. The first-order valence-electron chi connectivity index (χ1n) is 6.75. The summed E-state index contributed by atoms with van der Waals surface area (Å²) in [5, 5.41) is 9.89. The lowest BCUT2D eigenvalue weighted by Gasteiger charge is -2.09. The molecule has 0 unspecified atom stereocenters. The van der Waals surface area contributed by atoms with E-state index in [1.54, 1.807) is 13.1 Å². The number of benzene rings is 1. The first-order valence-corrected chi connectivity index (χ1v) is 7.57. The number of hydrogen-bond donors (Lipinski definition) is 2. The maximum atomic E-state index is 14.1. The first kappa shape index (κ1) is 15.8. The number of aromatic nitrogens is 3. The van der Waals surface area contributed by atoms with Crippen LogP contribution in [0.4, 0.5) is 4.39 Å². The Balaban J connectivity index is 2.05. The largest absolute Gasteiger partial charge is 0.343 e. The van der Waals surface area contributed by atoms with E-state index in [0.29, 0.717) is 22.5 Å². The molecule has 21 heavy (non-hydrogen) atoms. The number of rotatable bonds is 6. The van der Waals surface area contributed by atoms with Gasteiger partial charge in [-0.25, -0.2) is 14.3 Å². The number of aromatic amines is 1. The Bertz CT molecular complexity index is 665. The Morgan fingerprint density at radius 1 is 1.48 bits per heavy atom. The standard InChI is InChI=1S/C14H19FN4OS/c1-9(2)7-16-8-10-4-5-12(11(15)6-10)21-14-18-17-13(20)19(14)3/h4-6,9,16H,7-8H2,1-3H3,(H,17,20). The first-order chi connectivity index (χ1) is 9.97. The van der Waals surface area contributed by atoms with E-state index in [2.05, 4.69) is 29.4 Å². The van der Waals surface area contributed by atoms with E-state index in [-0.39, 0.29) is 11.5 Å². The predicted molar refractivity (Wildman–Crippen MR) is 80.9 cm³/mol. The number of nitrogens with zero attached hydrogens (tertiary/aromatic N) is 2. The predicted octanol–water partition coefficient (Wildman–Crippen LogP) is 2.14. The van der Waals surface area contributed by atoms with Crippen molar-refractivity contribution in [1.82, 2.24) is 20.1 Å². The Morgan fingerprint density at radius 3 is 2.81 bits per heavy atom. The lowest BCUT2D eigenvalue weighted by molar-refractivity contribution is 0.548. The van der Waals surface area contributed by atoms with Crippen LogP contribution in [0.2, 0.25) is 0 Å². The Kier molecular flexibility index (Phi) is 5.19. The quantitative estimate of drug-likeness (QED) is 0.858. The van der Waals surface area contributed by atoms with E-state index in [9.17, 15) is 9.18 Å². The number of hydrogen-bond acceptors (Lipinski definition) is 4. The molecule has 5 nitrogen and oxygen atoms in total. The molecule has 0 amide bonds. The molecule has 0 radical (unpaired) electrons. The van der Waals surface area contributed by atoms with Gasteiger partial charge in [-0.15, -0.1) is 5.10 Å². The molecule has 2 rings (SSSR count). The van der Waals surface area contributed by atoms with E-state index < -0.39 is 0 Å². The molecule has 0 bridgehead atoms. The second-order valence-electron chi connectivity index (χ2n) is 5.26. The van der Waals surface area contributed by atoms with Gasteiger partial charge >= 0.3 is 5.69 Å². The maximum absolute atomic E-state index is 14.1. The van der Waals surface area contributed by atoms with Crippen molar-refractivity contribution in [2.45, 2.75) is 30.4 Å². The molecule has 0 fully saturated rings. The van der Waals surface area contributed by atoms with Crippen LogP contribution < -0.4 is 11.0 Å². The number of nitrogens with one attached hydrogen (secondary N) is 2. The highest BCUT2D eigenvalue weighted by Crippen LogP contribution is 2.27. The minimum absolute atomic E-state index is 0.306. The van der Waals surface area contributed by atoms with Crippen LogP contribution in [0.5, 0.6) is 0 Å². The molecule has 1 aromatic heterocycles. The fraction of sp³-hybridized carbons (Fsp3) is 0.429. The van der Waals surface area contributed by atoms with Crippen molar-refractivity contribution in [3.63, 3.8) is 0 Å². The van der Waals surface area contributed by atoms with Gasteiger partial charge in [0.25, 0.3) is 0 Å². The van der Waals surface area contributed by atoms with E-state index in [1.165, 1.54) is 10.6 Å². The van der Waals surface area contributed by atoms with Gasteiger partial charge in [0.05, 0.1) is 4.90 Å². The lowest BCUT2D eigenvalue weighted by Crippen LogP contribution is -2.19. The lowest BCUT2D eigenvalue weighted by atomic mass is 10.2. The molecule has 1 heterocycles. The van der Waals surface area contributed by atoms with Crippen molar-refractivity contribution in [1.29, 1.82) is 0 Å². The van der Waals surface area contributed by atoms with Gasteiger partial charge in [-0.3, -0.25) is 4.57 Å². The third-order valence-electron chi connectivity index (χ3n) is 2.92. The average Bonchev–Trinajstić information content (AvgIpc) is 2.73. The van der Waals surface area contributed by atoms with Gasteiger partial charge in [-0.2, -0.15) is 0 Å². The summed E-state index contributed by atoms with van der Waals surface area (Å²) < 4.78 is 15.4. The monoisotopic (exact) mass is 310 g/mol. The minimum Gasteiger partial charge on any atom is -0.312 e. The van der Waals surface area contributed by atoms with Gasteiger partial charge < -0.3 is 5.32 Å². The maximum Gasteiger partial charge on any atom is 0.343 e. The number of H-pyrrole nitrogens is 1. The molecule has 2 N–H and O–H groups in total. The molecule has 0 saturated heterocycles. The van der Waals surface area contributed by atoms with Crippen LogP contribution in [-0.2, 0) is 13.6 Å². The topological polar surface area (TPSA) is 62.7 Å². The van der Waals surface area contributed by atoms with Crippen molar-refractivity contribution in [2.75, 3.05) is 6.54 Å². The normalized spacial score (nSPS) is 11.3. The highest BCUT2D eigenvalue weighted by Gasteiger charge is 2.10. The zero-order valence-electron chi connectivity index (χ0n) is 12.3. The highest BCUT2D eigenvalue weighted by atomic mass is 32.2. The summed E-state index contributed by atoms with van der Waals surface area (Å²) in [4.78, 5) is 11.7. The smallest absolute Gasteiger partial charge is 0.312 e. The van der Waals surface area contributed by atoms with E-state index in [1.807, 2.05) is 6.07 Å². The molecule has 0 aliphatic carbocycles. The van der Waals surface area contributed by atoms with Gasteiger partial charge in [0.15, 0.2) is 5.16 Å². The molecule has 114 valence electrons. The Labute approximate surface area is 127 Å². The molecule has 0 atom stereocenters. The summed E-state index contributed by atoms with van der Waals surface area (Å²) in [5.74, 6) is 0.255. The van der Waals surface area contributed by atoms with Crippen LogP contribution in [0, 0.1) is 11.7 Å². The summed E-state index contributed by atoms with van der Waals surface area (Å²) in [6.45, 7) is 5.79. The molecule has 0 aliphatic rings. The SMILES string of the molecule is CC(C)CNCc1ccc(Sc2n[nH]c(=O)n2C)c(F)c1. The second-order valence-corrected chi connectivity index (χ2v) is 6.27. The fourth-order valence-electron chi connectivity index (χ4n) is 1.76. The molecular formula is C14H19FN4OS. The van der Waals surface area contributed by atoms with Crippen LogP contribution in [0.3, 0.4) is 0 Å². The van der Waals surface area contributed by atoms with Gasteiger partial charge in [-0.05, 0) is 41.9 Å². The summed E-state index contributed by atoms with van der Waals surface area (Å²) in [6.07, 6.45) is 0. The summed E-state index contributed by atoms with van der Waals surface area (Å²) in [5.41, 5.74) is 0.584. The summed E-state index contributed by atoms with van der Waals surface area (Å²) >= 11 is 1.12. The second kappa shape index (κ2) is 6.91. The Hall–Kier alpha value is -1.60. The zero-order valence-corrected chi connectivity index (χ0v) is 13.1. The number of halogens is 1. The van der Waals surface area contributed by atoms with Gasteiger partial charge in [0.1, 0.15) is 5.82 Å². The van der Waals surface area contributed by atoms with Crippen LogP contribution >= 0.6 is 11.8 Å². The fourth-order valence-corrected chi connectivity index (χ4v) is 2.56. The van der Waals surface area contributed by atoms with Gasteiger partial charge in [0, 0.05) is 13.6 Å². The Morgan fingerprint density at radius 2 is 2.24 bits per heavy atom. The molecular weight excluding hydrogens is 291 g/mol. The van der Waals surface area contributed by atoms with Gasteiger partial charge in [-0.1, -0.05) is 19.9 Å². The van der Waals surface area contributed by atoms with E-state index >= 15 is 0 Å². The third kappa shape index (κ3) is 4.18. The van der Waals surface area contributed by atoms with Crippen LogP contribution in [0.25, 0.3) is 0 Å².